The van der Waals surface area contributed by atoms with Gasteiger partial charge in [-0.25, -0.2) is 0 Å². The van der Waals surface area contributed by atoms with Gasteiger partial charge in [0.15, 0.2) is 0 Å². The Labute approximate surface area is 117 Å². The first kappa shape index (κ1) is 14.5. The zero-order chi connectivity index (χ0) is 13.5. The lowest BCUT2D eigenvalue weighted by Crippen LogP contribution is -2.35. The van der Waals surface area contributed by atoms with Gasteiger partial charge in [-0.2, -0.15) is 0 Å². The van der Waals surface area contributed by atoms with Crippen molar-refractivity contribution in [1.29, 1.82) is 0 Å². The molecule has 0 radical (unpaired) electrons. The summed E-state index contributed by atoms with van der Waals surface area (Å²) in [4.78, 5) is 6.99. The van der Waals surface area contributed by atoms with Gasteiger partial charge in [0.1, 0.15) is 0 Å². The molecule has 1 aliphatic rings. The molecule has 1 unspecified atom stereocenters. The fraction of sp³-hybridized carbons (Fsp3) is 0.688. The fourth-order valence-electron chi connectivity index (χ4n) is 2.64. The van der Waals surface area contributed by atoms with Crippen LogP contribution in [-0.2, 0) is 0 Å². The lowest BCUT2D eigenvalue weighted by Gasteiger charge is -2.30. The minimum atomic E-state index is 0.350. The second-order valence-corrected chi connectivity index (χ2v) is 5.81. The van der Waals surface area contributed by atoms with E-state index < -0.39 is 0 Å². The van der Waals surface area contributed by atoms with E-state index in [0.717, 1.165) is 18.2 Å². The Morgan fingerprint density at radius 1 is 1.37 bits per heavy atom. The van der Waals surface area contributed by atoms with Gasteiger partial charge in [-0.1, -0.05) is 13.0 Å². The minimum Gasteiger partial charge on any atom is -0.309 e. The Morgan fingerprint density at radius 2 is 2.16 bits per heavy atom. The minimum absolute atomic E-state index is 0.350. The SMILES string of the molecule is CC1CCN(CCCNC(C)c2ccccn2)CC1. The highest BCUT2D eigenvalue weighted by molar-refractivity contribution is 5.07. The molecular formula is C16H27N3. The van der Waals surface area contributed by atoms with Crippen LogP contribution in [-0.4, -0.2) is 36.1 Å². The number of likely N-dealkylation sites (tertiary alicyclic amines) is 1. The van der Waals surface area contributed by atoms with Crippen LogP contribution in [0.4, 0.5) is 0 Å². The Balaban J connectivity index is 1.59. The van der Waals surface area contributed by atoms with Gasteiger partial charge in [-0.15, -0.1) is 0 Å². The quantitative estimate of drug-likeness (QED) is 0.798. The molecule has 0 saturated carbocycles. The van der Waals surface area contributed by atoms with E-state index in [1.54, 1.807) is 0 Å². The second-order valence-electron chi connectivity index (χ2n) is 5.81. The molecule has 0 bridgehead atoms. The van der Waals surface area contributed by atoms with E-state index in [2.05, 4.69) is 41.2 Å². The number of pyridine rings is 1. The molecule has 0 amide bonds. The number of hydrogen-bond acceptors (Lipinski definition) is 3. The van der Waals surface area contributed by atoms with E-state index in [9.17, 15) is 0 Å². The average Bonchev–Trinajstić information content (AvgIpc) is 2.46. The van der Waals surface area contributed by atoms with E-state index in [0.29, 0.717) is 6.04 Å². The average molecular weight is 261 g/mol. The molecule has 1 N–H and O–H groups in total. The molecule has 3 heteroatoms. The van der Waals surface area contributed by atoms with Gasteiger partial charge in [0.2, 0.25) is 0 Å². The Kier molecular flexibility index (Phi) is 5.80. The summed E-state index contributed by atoms with van der Waals surface area (Å²) in [6.07, 6.45) is 5.84. The zero-order valence-electron chi connectivity index (χ0n) is 12.3. The first-order chi connectivity index (χ1) is 9.25. The van der Waals surface area contributed by atoms with Crippen molar-refractivity contribution >= 4 is 0 Å². The van der Waals surface area contributed by atoms with Crippen LogP contribution in [0.15, 0.2) is 24.4 Å². The standard InChI is InChI=1S/C16H27N3/c1-14-7-12-19(13-8-14)11-5-10-17-15(2)16-6-3-4-9-18-16/h3-4,6,9,14-15,17H,5,7-8,10-13H2,1-2H3. The van der Waals surface area contributed by atoms with E-state index >= 15 is 0 Å². The molecular weight excluding hydrogens is 234 g/mol. The van der Waals surface area contributed by atoms with E-state index in [1.165, 1.54) is 38.9 Å². The van der Waals surface area contributed by atoms with Crippen LogP contribution < -0.4 is 5.32 Å². The first-order valence-electron chi connectivity index (χ1n) is 7.62. The van der Waals surface area contributed by atoms with Crippen molar-refractivity contribution in [1.82, 2.24) is 15.2 Å². The summed E-state index contributed by atoms with van der Waals surface area (Å²) in [6.45, 7) is 9.44. The first-order valence-corrected chi connectivity index (χ1v) is 7.62. The largest absolute Gasteiger partial charge is 0.309 e. The summed E-state index contributed by atoms with van der Waals surface area (Å²) >= 11 is 0. The van der Waals surface area contributed by atoms with Gasteiger partial charge in [0, 0.05) is 12.2 Å². The maximum atomic E-state index is 4.38. The third kappa shape index (κ3) is 4.92. The molecule has 1 atom stereocenters. The molecule has 3 nitrogen and oxygen atoms in total. The lowest BCUT2D eigenvalue weighted by molar-refractivity contribution is 0.190. The van der Waals surface area contributed by atoms with Crippen molar-refractivity contribution in [3.05, 3.63) is 30.1 Å². The molecule has 1 aromatic heterocycles. The Morgan fingerprint density at radius 3 is 2.84 bits per heavy atom. The highest BCUT2D eigenvalue weighted by Gasteiger charge is 2.14. The third-order valence-corrected chi connectivity index (χ3v) is 4.11. The zero-order valence-corrected chi connectivity index (χ0v) is 12.3. The van der Waals surface area contributed by atoms with Gasteiger partial charge >= 0.3 is 0 Å². The fourth-order valence-corrected chi connectivity index (χ4v) is 2.64. The molecule has 1 fully saturated rings. The molecule has 19 heavy (non-hydrogen) atoms. The summed E-state index contributed by atoms with van der Waals surface area (Å²) in [5.74, 6) is 0.929. The number of nitrogens with zero attached hydrogens (tertiary/aromatic N) is 2. The summed E-state index contributed by atoms with van der Waals surface area (Å²) < 4.78 is 0. The molecule has 1 aromatic rings. The molecule has 0 spiro atoms. The second kappa shape index (κ2) is 7.61. The van der Waals surface area contributed by atoms with Gasteiger partial charge in [0.05, 0.1) is 5.69 Å². The van der Waals surface area contributed by atoms with Gasteiger partial charge in [-0.3, -0.25) is 4.98 Å². The lowest BCUT2D eigenvalue weighted by atomic mass is 9.99. The van der Waals surface area contributed by atoms with Crippen LogP contribution in [0.1, 0.15) is 44.8 Å². The Hall–Kier alpha value is -0.930. The summed E-state index contributed by atoms with van der Waals surface area (Å²) in [6, 6.07) is 6.45. The van der Waals surface area contributed by atoms with E-state index in [4.69, 9.17) is 0 Å². The summed E-state index contributed by atoms with van der Waals surface area (Å²) in [5.41, 5.74) is 1.13. The van der Waals surface area contributed by atoms with Gasteiger partial charge in [0.25, 0.3) is 0 Å². The van der Waals surface area contributed by atoms with Crippen LogP contribution in [0.25, 0.3) is 0 Å². The van der Waals surface area contributed by atoms with Crippen LogP contribution in [0, 0.1) is 5.92 Å². The highest BCUT2D eigenvalue weighted by atomic mass is 15.1. The van der Waals surface area contributed by atoms with Crippen molar-refractivity contribution in [2.75, 3.05) is 26.2 Å². The van der Waals surface area contributed by atoms with Crippen molar-refractivity contribution in [2.24, 2.45) is 5.92 Å². The number of nitrogens with one attached hydrogen (secondary N) is 1. The normalized spacial score (nSPS) is 19.5. The van der Waals surface area contributed by atoms with Crippen LogP contribution >= 0.6 is 0 Å². The van der Waals surface area contributed by atoms with Gasteiger partial charge < -0.3 is 10.2 Å². The number of aromatic nitrogens is 1. The molecule has 1 aliphatic heterocycles. The monoisotopic (exact) mass is 261 g/mol. The van der Waals surface area contributed by atoms with Crippen LogP contribution in [0.3, 0.4) is 0 Å². The maximum absolute atomic E-state index is 4.38. The molecule has 106 valence electrons. The number of piperidine rings is 1. The van der Waals surface area contributed by atoms with E-state index in [-0.39, 0.29) is 0 Å². The van der Waals surface area contributed by atoms with Gasteiger partial charge in [-0.05, 0) is 70.4 Å². The molecule has 2 rings (SSSR count). The third-order valence-electron chi connectivity index (χ3n) is 4.11. The van der Waals surface area contributed by atoms with Crippen LogP contribution in [0.5, 0.6) is 0 Å². The molecule has 2 heterocycles. The predicted octanol–water partition coefficient (Wildman–Crippen LogP) is 2.85. The maximum Gasteiger partial charge on any atom is 0.0570 e. The summed E-state index contributed by atoms with van der Waals surface area (Å²) in [5, 5.41) is 3.56. The smallest absolute Gasteiger partial charge is 0.0570 e. The van der Waals surface area contributed by atoms with Crippen molar-refractivity contribution in [2.45, 2.75) is 39.2 Å². The molecule has 1 saturated heterocycles. The van der Waals surface area contributed by atoms with Crippen LogP contribution in [0.2, 0.25) is 0 Å². The summed E-state index contributed by atoms with van der Waals surface area (Å²) in [7, 11) is 0. The highest BCUT2D eigenvalue weighted by Crippen LogP contribution is 2.15. The number of rotatable bonds is 6. The van der Waals surface area contributed by atoms with Crippen molar-refractivity contribution in [3.8, 4) is 0 Å². The molecule has 0 aromatic carbocycles. The molecule has 0 aliphatic carbocycles. The van der Waals surface area contributed by atoms with Crippen molar-refractivity contribution in [3.63, 3.8) is 0 Å². The predicted molar refractivity (Wildman–Crippen MR) is 80.1 cm³/mol. The Bertz CT molecular complexity index is 344. The number of hydrogen-bond donors (Lipinski definition) is 1. The topological polar surface area (TPSA) is 28.2 Å². The van der Waals surface area contributed by atoms with Crippen molar-refractivity contribution < 1.29 is 0 Å². The van der Waals surface area contributed by atoms with E-state index in [1.807, 2.05) is 12.3 Å².